The molecule has 1 aromatic heterocycles. The Bertz CT molecular complexity index is 1040. The van der Waals surface area contributed by atoms with Crippen LogP contribution in [0, 0.1) is 0 Å². The molecule has 3 aromatic carbocycles. The minimum absolute atomic E-state index is 0.0923. The fraction of sp³-hybridized carbons (Fsp3) is 0.0952. The van der Waals surface area contributed by atoms with Crippen LogP contribution in [0.3, 0.4) is 0 Å². The van der Waals surface area contributed by atoms with Crippen molar-refractivity contribution >= 4 is 21.5 Å². The first-order chi connectivity index (χ1) is 11.8. The Labute approximate surface area is 140 Å². The quantitative estimate of drug-likeness (QED) is 0.603. The summed E-state index contributed by atoms with van der Waals surface area (Å²) in [5.41, 5.74) is 2.45. The summed E-state index contributed by atoms with van der Waals surface area (Å²) in [5, 5.41) is 13.9. The van der Waals surface area contributed by atoms with E-state index in [0.717, 1.165) is 38.6 Å². The molecule has 3 heteroatoms. The van der Waals surface area contributed by atoms with Crippen molar-refractivity contribution in [3.63, 3.8) is 0 Å². The normalized spacial score (nSPS) is 11.1. The van der Waals surface area contributed by atoms with Gasteiger partial charge in [0.05, 0.1) is 30.7 Å². The van der Waals surface area contributed by atoms with E-state index in [1.54, 1.807) is 7.11 Å². The second-order valence-corrected chi connectivity index (χ2v) is 5.71. The van der Waals surface area contributed by atoms with E-state index in [9.17, 15) is 5.11 Å². The first-order valence-electron chi connectivity index (χ1n) is 7.87. The van der Waals surface area contributed by atoms with Crippen LogP contribution in [0.4, 0.5) is 0 Å². The Morgan fingerprint density at radius 1 is 0.875 bits per heavy atom. The zero-order valence-corrected chi connectivity index (χ0v) is 13.4. The lowest BCUT2D eigenvalue weighted by Crippen LogP contribution is -1.97. The first-order valence-corrected chi connectivity index (χ1v) is 7.87. The van der Waals surface area contributed by atoms with Gasteiger partial charge in [-0.2, -0.15) is 0 Å². The summed E-state index contributed by atoms with van der Waals surface area (Å²) in [5.74, 6) is 0.779. The van der Waals surface area contributed by atoms with Crippen LogP contribution in [-0.4, -0.2) is 17.2 Å². The number of aromatic nitrogens is 1. The Hall–Kier alpha value is -2.91. The standard InChI is InChI=1S/C21H17NO2/c1-24-19-11-10-14-6-2-4-8-17(14)20(19)21-18-9-5-3-7-15(18)12-16(13-23)22-21/h2-12,23H,13H2,1H3. The van der Waals surface area contributed by atoms with Gasteiger partial charge < -0.3 is 9.84 Å². The summed E-state index contributed by atoms with van der Waals surface area (Å²) in [6.07, 6.45) is 0. The Kier molecular flexibility index (Phi) is 3.63. The number of nitrogens with zero attached hydrogens (tertiary/aromatic N) is 1. The number of rotatable bonds is 3. The van der Waals surface area contributed by atoms with Crippen LogP contribution in [-0.2, 0) is 6.61 Å². The van der Waals surface area contributed by atoms with Crippen molar-refractivity contribution in [1.29, 1.82) is 0 Å². The highest BCUT2D eigenvalue weighted by molar-refractivity contribution is 6.06. The summed E-state index contributed by atoms with van der Waals surface area (Å²) in [7, 11) is 1.67. The van der Waals surface area contributed by atoms with Gasteiger partial charge in [-0.3, -0.25) is 0 Å². The van der Waals surface area contributed by atoms with Gasteiger partial charge >= 0.3 is 0 Å². The minimum Gasteiger partial charge on any atom is -0.496 e. The summed E-state index contributed by atoms with van der Waals surface area (Å²) in [6, 6.07) is 22.2. The van der Waals surface area contributed by atoms with E-state index in [1.165, 1.54) is 0 Å². The van der Waals surface area contributed by atoms with Gasteiger partial charge in [0.2, 0.25) is 0 Å². The van der Waals surface area contributed by atoms with Crippen LogP contribution in [0.2, 0.25) is 0 Å². The summed E-state index contributed by atoms with van der Waals surface area (Å²) in [6.45, 7) is -0.0923. The second-order valence-electron chi connectivity index (χ2n) is 5.71. The van der Waals surface area contributed by atoms with Crippen molar-refractivity contribution in [2.75, 3.05) is 7.11 Å². The summed E-state index contributed by atoms with van der Waals surface area (Å²) >= 11 is 0. The topological polar surface area (TPSA) is 42.4 Å². The molecule has 0 radical (unpaired) electrons. The molecule has 0 fully saturated rings. The number of aliphatic hydroxyl groups is 1. The zero-order chi connectivity index (χ0) is 16.5. The van der Waals surface area contributed by atoms with Crippen LogP contribution in [0.5, 0.6) is 5.75 Å². The molecule has 0 amide bonds. The number of hydrogen-bond donors (Lipinski definition) is 1. The molecule has 3 nitrogen and oxygen atoms in total. The van der Waals surface area contributed by atoms with Gasteiger partial charge in [-0.15, -0.1) is 0 Å². The number of ether oxygens (including phenoxy) is 1. The maximum atomic E-state index is 9.61. The second kappa shape index (κ2) is 5.95. The monoisotopic (exact) mass is 315 g/mol. The molecule has 1 heterocycles. The average Bonchev–Trinajstić information content (AvgIpc) is 2.66. The van der Waals surface area contributed by atoms with Crippen molar-refractivity contribution in [2.45, 2.75) is 6.61 Å². The molecule has 24 heavy (non-hydrogen) atoms. The van der Waals surface area contributed by atoms with Crippen molar-refractivity contribution < 1.29 is 9.84 Å². The van der Waals surface area contributed by atoms with Crippen LogP contribution in [0.1, 0.15) is 5.69 Å². The minimum atomic E-state index is -0.0923. The predicted molar refractivity (Wildman–Crippen MR) is 97.2 cm³/mol. The lowest BCUT2D eigenvalue weighted by atomic mass is 9.96. The number of pyridine rings is 1. The van der Waals surface area contributed by atoms with E-state index in [1.807, 2.05) is 42.5 Å². The van der Waals surface area contributed by atoms with E-state index in [4.69, 9.17) is 9.72 Å². The molecule has 0 bridgehead atoms. The molecule has 0 atom stereocenters. The van der Waals surface area contributed by atoms with E-state index in [2.05, 4.69) is 24.3 Å². The van der Waals surface area contributed by atoms with Gasteiger partial charge in [0.1, 0.15) is 5.75 Å². The highest BCUT2D eigenvalue weighted by Crippen LogP contribution is 2.39. The van der Waals surface area contributed by atoms with E-state index < -0.39 is 0 Å². The van der Waals surface area contributed by atoms with Crippen LogP contribution < -0.4 is 4.74 Å². The molecule has 0 aliphatic rings. The first kappa shape index (κ1) is 14.7. The molecular formula is C21H17NO2. The molecule has 1 N–H and O–H groups in total. The number of fused-ring (bicyclic) bond motifs is 2. The zero-order valence-electron chi connectivity index (χ0n) is 13.4. The third-order valence-corrected chi connectivity index (χ3v) is 4.30. The molecule has 0 spiro atoms. The molecule has 0 saturated carbocycles. The van der Waals surface area contributed by atoms with E-state index in [0.29, 0.717) is 5.69 Å². The molecule has 118 valence electrons. The van der Waals surface area contributed by atoms with Crippen LogP contribution in [0.25, 0.3) is 32.8 Å². The van der Waals surface area contributed by atoms with Gasteiger partial charge in [0.15, 0.2) is 0 Å². The number of benzene rings is 3. The molecule has 0 aliphatic heterocycles. The van der Waals surface area contributed by atoms with Crippen molar-refractivity contribution in [3.8, 4) is 17.0 Å². The molecular weight excluding hydrogens is 298 g/mol. The fourth-order valence-corrected chi connectivity index (χ4v) is 3.19. The maximum absolute atomic E-state index is 9.61. The van der Waals surface area contributed by atoms with Crippen molar-refractivity contribution in [2.24, 2.45) is 0 Å². The number of hydrogen-bond acceptors (Lipinski definition) is 3. The van der Waals surface area contributed by atoms with Gasteiger partial charge in [-0.1, -0.05) is 54.6 Å². The third-order valence-electron chi connectivity index (χ3n) is 4.30. The SMILES string of the molecule is COc1ccc2ccccc2c1-c1nc(CO)cc2ccccc12. The average molecular weight is 315 g/mol. The maximum Gasteiger partial charge on any atom is 0.128 e. The summed E-state index contributed by atoms with van der Waals surface area (Å²) in [4.78, 5) is 4.72. The highest BCUT2D eigenvalue weighted by atomic mass is 16.5. The smallest absolute Gasteiger partial charge is 0.128 e. The molecule has 0 unspecified atom stereocenters. The molecule has 0 aliphatic carbocycles. The summed E-state index contributed by atoms with van der Waals surface area (Å²) < 4.78 is 5.63. The van der Waals surface area contributed by atoms with E-state index >= 15 is 0 Å². The van der Waals surface area contributed by atoms with Crippen molar-refractivity contribution in [3.05, 3.63) is 72.4 Å². The van der Waals surface area contributed by atoms with E-state index in [-0.39, 0.29) is 6.61 Å². The fourth-order valence-electron chi connectivity index (χ4n) is 3.19. The van der Waals surface area contributed by atoms with Gasteiger partial charge in [0.25, 0.3) is 0 Å². The predicted octanol–water partition coefficient (Wildman–Crippen LogP) is 4.56. The van der Waals surface area contributed by atoms with Crippen molar-refractivity contribution in [1.82, 2.24) is 4.98 Å². The van der Waals surface area contributed by atoms with Gasteiger partial charge in [0, 0.05) is 5.39 Å². The van der Waals surface area contributed by atoms with Crippen LogP contribution in [0.15, 0.2) is 66.7 Å². The molecule has 4 aromatic rings. The number of methoxy groups -OCH3 is 1. The third kappa shape index (κ3) is 2.30. The Morgan fingerprint density at radius 2 is 1.58 bits per heavy atom. The van der Waals surface area contributed by atoms with Gasteiger partial charge in [-0.05, 0) is 28.3 Å². The Morgan fingerprint density at radius 3 is 2.33 bits per heavy atom. The lowest BCUT2D eigenvalue weighted by Gasteiger charge is -2.15. The van der Waals surface area contributed by atoms with Gasteiger partial charge in [-0.25, -0.2) is 4.98 Å². The molecule has 4 rings (SSSR count). The molecule has 0 saturated heterocycles. The number of aliphatic hydroxyl groups excluding tert-OH is 1. The highest BCUT2D eigenvalue weighted by Gasteiger charge is 2.15. The van der Waals surface area contributed by atoms with Crippen LogP contribution >= 0.6 is 0 Å². The largest absolute Gasteiger partial charge is 0.496 e. The Balaban J connectivity index is 2.16. The lowest BCUT2D eigenvalue weighted by molar-refractivity contribution is 0.277.